The van der Waals surface area contributed by atoms with Crippen LogP contribution in [0.5, 0.6) is 17.2 Å². The van der Waals surface area contributed by atoms with Crippen LogP contribution in [-0.2, 0) is 13.2 Å². The third-order valence-corrected chi connectivity index (χ3v) is 4.99. The van der Waals surface area contributed by atoms with Gasteiger partial charge in [0, 0.05) is 11.3 Å². The molecule has 4 heteroatoms. The zero-order valence-electron chi connectivity index (χ0n) is 17.5. The zero-order chi connectivity index (χ0) is 21.5. The highest BCUT2D eigenvalue weighted by Crippen LogP contribution is 2.37. The molecule has 4 nitrogen and oxygen atoms in total. The Kier molecular flexibility index (Phi) is 6.38. The fourth-order valence-corrected chi connectivity index (χ4v) is 3.29. The summed E-state index contributed by atoms with van der Waals surface area (Å²) in [5, 5.41) is 0. The SMILES string of the molecule is COc1ccc(N)c(-c2ccc(OCc3ccccc3)c(OCc3ccccc3)c2)c1. The number of rotatable bonds is 8. The van der Waals surface area contributed by atoms with E-state index in [-0.39, 0.29) is 0 Å². The first-order valence-electron chi connectivity index (χ1n) is 10.1. The summed E-state index contributed by atoms with van der Waals surface area (Å²) in [7, 11) is 1.64. The quantitative estimate of drug-likeness (QED) is 0.356. The van der Waals surface area contributed by atoms with Gasteiger partial charge in [0.05, 0.1) is 7.11 Å². The van der Waals surface area contributed by atoms with Crippen molar-refractivity contribution in [1.29, 1.82) is 0 Å². The Morgan fingerprint density at radius 3 is 1.87 bits per heavy atom. The second-order valence-electron chi connectivity index (χ2n) is 7.16. The van der Waals surface area contributed by atoms with E-state index < -0.39 is 0 Å². The predicted molar refractivity (Wildman–Crippen MR) is 124 cm³/mol. The normalized spacial score (nSPS) is 10.5. The summed E-state index contributed by atoms with van der Waals surface area (Å²) in [4.78, 5) is 0. The Balaban J connectivity index is 1.63. The monoisotopic (exact) mass is 411 g/mol. The molecule has 0 aliphatic rings. The minimum absolute atomic E-state index is 0.444. The van der Waals surface area contributed by atoms with Crippen LogP contribution < -0.4 is 19.9 Å². The van der Waals surface area contributed by atoms with Crippen LogP contribution in [0.1, 0.15) is 11.1 Å². The molecule has 156 valence electrons. The van der Waals surface area contributed by atoms with Gasteiger partial charge in [0.1, 0.15) is 19.0 Å². The predicted octanol–water partition coefficient (Wildman–Crippen LogP) is 6.10. The summed E-state index contributed by atoms with van der Waals surface area (Å²) in [5.74, 6) is 2.10. The molecule has 31 heavy (non-hydrogen) atoms. The molecule has 0 radical (unpaired) electrons. The van der Waals surface area contributed by atoms with Crippen molar-refractivity contribution >= 4 is 5.69 Å². The molecule has 0 saturated carbocycles. The molecule has 0 atom stereocenters. The maximum Gasteiger partial charge on any atom is 0.162 e. The van der Waals surface area contributed by atoms with Crippen LogP contribution in [-0.4, -0.2) is 7.11 Å². The van der Waals surface area contributed by atoms with Gasteiger partial charge in [0.2, 0.25) is 0 Å². The van der Waals surface area contributed by atoms with Crippen molar-refractivity contribution in [2.24, 2.45) is 0 Å². The van der Waals surface area contributed by atoms with Crippen molar-refractivity contribution < 1.29 is 14.2 Å². The molecule has 0 heterocycles. The molecule has 0 bridgehead atoms. The second-order valence-corrected chi connectivity index (χ2v) is 7.16. The van der Waals surface area contributed by atoms with Crippen LogP contribution in [0.25, 0.3) is 11.1 Å². The standard InChI is InChI=1S/C27H25NO3/c1-29-23-13-14-25(28)24(17-23)22-12-15-26(30-18-20-8-4-2-5-9-20)27(16-22)31-19-21-10-6-3-7-11-21/h2-17H,18-19,28H2,1H3. The Labute approximate surface area is 182 Å². The molecule has 4 aromatic rings. The summed E-state index contributed by atoms with van der Waals surface area (Å²) >= 11 is 0. The first-order chi connectivity index (χ1) is 15.2. The maximum atomic E-state index is 6.24. The Hall–Kier alpha value is -3.92. The molecular weight excluding hydrogens is 386 g/mol. The summed E-state index contributed by atoms with van der Waals surface area (Å²) in [6.07, 6.45) is 0. The molecular formula is C27H25NO3. The lowest BCUT2D eigenvalue weighted by atomic mass is 10.0. The lowest BCUT2D eigenvalue weighted by Crippen LogP contribution is -2.01. The summed E-state index contributed by atoms with van der Waals surface area (Å²) in [6.45, 7) is 0.906. The first kappa shape index (κ1) is 20.4. The van der Waals surface area contributed by atoms with Crippen LogP contribution >= 0.6 is 0 Å². The summed E-state index contributed by atoms with van der Waals surface area (Å²) in [5.41, 5.74) is 10.9. The van der Waals surface area contributed by atoms with Crippen LogP contribution in [0.3, 0.4) is 0 Å². The van der Waals surface area contributed by atoms with Gasteiger partial charge in [-0.05, 0) is 47.0 Å². The van der Waals surface area contributed by atoms with E-state index in [1.807, 2.05) is 97.1 Å². The van der Waals surface area contributed by atoms with Crippen molar-refractivity contribution in [2.45, 2.75) is 13.2 Å². The van der Waals surface area contributed by atoms with Gasteiger partial charge in [-0.1, -0.05) is 66.7 Å². The summed E-state index contributed by atoms with van der Waals surface area (Å²) in [6, 6.07) is 31.6. The number of ether oxygens (including phenoxy) is 3. The van der Waals surface area contributed by atoms with Gasteiger partial charge >= 0.3 is 0 Å². The fraction of sp³-hybridized carbons (Fsp3) is 0.111. The van der Waals surface area contributed by atoms with E-state index in [0.717, 1.165) is 28.0 Å². The van der Waals surface area contributed by atoms with Crippen molar-refractivity contribution in [3.8, 4) is 28.4 Å². The van der Waals surface area contributed by atoms with Gasteiger partial charge in [-0.25, -0.2) is 0 Å². The minimum Gasteiger partial charge on any atom is -0.497 e. The molecule has 0 aliphatic heterocycles. The van der Waals surface area contributed by atoms with E-state index in [4.69, 9.17) is 19.9 Å². The molecule has 0 spiro atoms. The largest absolute Gasteiger partial charge is 0.497 e. The number of anilines is 1. The van der Waals surface area contributed by atoms with E-state index in [2.05, 4.69) is 0 Å². The van der Waals surface area contributed by atoms with Gasteiger partial charge < -0.3 is 19.9 Å². The molecule has 0 saturated heterocycles. The fourth-order valence-electron chi connectivity index (χ4n) is 3.29. The van der Waals surface area contributed by atoms with Crippen molar-refractivity contribution in [1.82, 2.24) is 0 Å². The lowest BCUT2D eigenvalue weighted by molar-refractivity contribution is 0.256. The second kappa shape index (κ2) is 9.72. The van der Waals surface area contributed by atoms with Crippen LogP contribution in [0.2, 0.25) is 0 Å². The third kappa shape index (κ3) is 5.17. The van der Waals surface area contributed by atoms with E-state index >= 15 is 0 Å². The molecule has 0 aliphatic carbocycles. The van der Waals surface area contributed by atoms with Crippen LogP contribution in [0.4, 0.5) is 5.69 Å². The Morgan fingerprint density at radius 2 is 1.26 bits per heavy atom. The lowest BCUT2D eigenvalue weighted by Gasteiger charge is -2.16. The number of nitrogens with two attached hydrogens (primary N) is 1. The third-order valence-electron chi connectivity index (χ3n) is 4.99. The van der Waals surface area contributed by atoms with Crippen molar-refractivity contribution in [3.05, 3.63) is 108 Å². The Morgan fingerprint density at radius 1 is 0.645 bits per heavy atom. The molecule has 4 aromatic carbocycles. The van der Waals surface area contributed by atoms with Crippen molar-refractivity contribution in [2.75, 3.05) is 12.8 Å². The number of hydrogen-bond donors (Lipinski definition) is 1. The van der Waals surface area contributed by atoms with E-state index in [0.29, 0.717) is 30.4 Å². The molecule has 0 aromatic heterocycles. The Bertz CT molecular complexity index is 1130. The van der Waals surface area contributed by atoms with Crippen molar-refractivity contribution in [3.63, 3.8) is 0 Å². The van der Waals surface area contributed by atoms with Gasteiger partial charge in [-0.3, -0.25) is 0 Å². The van der Waals surface area contributed by atoms with Gasteiger partial charge in [-0.15, -0.1) is 0 Å². The van der Waals surface area contributed by atoms with Gasteiger partial charge in [-0.2, -0.15) is 0 Å². The average molecular weight is 412 g/mol. The maximum absolute atomic E-state index is 6.24. The molecule has 0 amide bonds. The zero-order valence-corrected chi connectivity index (χ0v) is 17.5. The van der Waals surface area contributed by atoms with E-state index in [1.54, 1.807) is 7.11 Å². The highest BCUT2D eigenvalue weighted by atomic mass is 16.5. The first-order valence-corrected chi connectivity index (χ1v) is 10.1. The average Bonchev–Trinajstić information content (AvgIpc) is 2.83. The van der Waals surface area contributed by atoms with Crippen LogP contribution in [0, 0.1) is 0 Å². The smallest absolute Gasteiger partial charge is 0.162 e. The molecule has 4 rings (SSSR count). The number of benzene rings is 4. The summed E-state index contributed by atoms with van der Waals surface area (Å²) < 4.78 is 17.6. The molecule has 0 fully saturated rings. The number of methoxy groups -OCH3 is 1. The number of hydrogen-bond acceptors (Lipinski definition) is 4. The van der Waals surface area contributed by atoms with E-state index in [1.165, 1.54) is 0 Å². The number of nitrogen functional groups attached to an aromatic ring is 1. The molecule has 0 unspecified atom stereocenters. The van der Waals surface area contributed by atoms with Crippen LogP contribution in [0.15, 0.2) is 97.1 Å². The highest BCUT2D eigenvalue weighted by Gasteiger charge is 2.12. The highest BCUT2D eigenvalue weighted by molar-refractivity contribution is 5.79. The molecule has 2 N–H and O–H groups in total. The topological polar surface area (TPSA) is 53.7 Å². The van der Waals surface area contributed by atoms with E-state index in [9.17, 15) is 0 Å². The minimum atomic E-state index is 0.444. The van der Waals surface area contributed by atoms with Gasteiger partial charge in [0.15, 0.2) is 11.5 Å². The van der Waals surface area contributed by atoms with Gasteiger partial charge in [0.25, 0.3) is 0 Å².